The van der Waals surface area contributed by atoms with Crippen LogP contribution in [-0.2, 0) is 12.7 Å². The van der Waals surface area contributed by atoms with Crippen LogP contribution >= 0.6 is 0 Å². The van der Waals surface area contributed by atoms with Gasteiger partial charge in [0.2, 0.25) is 5.95 Å². The third-order valence-corrected chi connectivity index (χ3v) is 2.60. The van der Waals surface area contributed by atoms with Crippen molar-refractivity contribution < 1.29 is 13.2 Å². The Morgan fingerprint density at radius 1 is 1.20 bits per heavy atom. The molecule has 0 radical (unpaired) electrons. The van der Waals surface area contributed by atoms with Gasteiger partial charge >= 0.3 is 6.18 Å². The molecule has 0 spiro atoms. The second kappa shape index (κ2) is 5.36. The molecule has 7 heteroatoms. The number of nitrogen functional groups attached to an aromatic ring is 1. The maximum absolute atomic E-state index is 12.6. The molecule has 0 unspecified atom stereocenters. The molecule has 2 aromatic rings. The van der Waals surface area contributed by atoms with Crippen LogP contribution < -0.4 is 11.1 Å². The molecule has 0 bridgehead atoms. The Labute approximate surface area is 113 Å². The minimum atomic E-state index is -4.34. The van der Waals surface area contributed by atoms with E-state index in [4.69, 9.17) is 5.73 Å². The number of hydrogen-bond acceptors (Lipinski definition) is 4. The highest BCUT2D eigenvalue weighted by molar-refractivity contribution is 5.41. The molecule has 2 rings (SSSR count). The molecule has 0 atom stereocenters. The number of nitrogens with zero attached hydrogens (tertiary/aromatic N) is 2. The van der Waals surface area contributed by atoms with Crippen LogP contribution in [0.15, 0.2) is 30.3 Å². The number of hydrogen-bond donors (Lipinski definition) is 2. The van der Waals surface area contributed by atoms with Crippen molar-refractivity contribution in [3.63, 3.8) is 0 Å². The van der Waals surface area contributed by atoms with Crippen molar-refractivity contribution in [2.24, 2.45) is 0 Å². The Morgan fingerprint density at radius 3 is 2.60 bits per heavy atom. The molecular weight excluding hydrogens is 269 g/mol. The Balaban J connectivity index is 2.11. The van der Waals surface area contributed by atoms with Crippen LogP contribution in [0.25, 0.3) is 0 Å². The number of nitrogens with two attached hydrogens (primary N) is 1. The van der Waals surface area contributed by atoms with Crippen LogP contribution in [0.2, 0.25) is 0 Å². The first-order valence-electron chi connectivity index (χ1n) is 5.86. The fraction of sp³-hybridized carbons (Fsp3) is 0.231. The number of aryl methyl sites for hydroxylation is 1. The Bertz CT molecular complexity index is 591. The number of anilines is 2. The summed E-state index contributed by atoms with van der Waals surface area (Å²) in [4.78, 5) is 7.87. The summed E-state index contributed by atoms with van der Waals surface area (Å²) in [5.74, 6) is 0.601. The molecule has 1 aromatic heterocycles. The first-order valence-corrected chi connectivity index (χ1v) is 5.86. The second-order valence-corrected chi connectivity index (χ2v) is 4.30. The summed E-state index contributed by atoms with van der Waals surface area (Å²) in [7, 11) is 0. The molecular formula is C13H13F3N4. The van der Waals surface area contributed by atoms with Gasteiger partial charge in [-0.1, -0.05) is 12.1 Å². The highest BCUT2D eigenvalue weighted by Crippen LogP contribution is 2.29. The molecule has 106 valence electrons. The zero-order valence-electron chi connectivity index (χ0n) is 10.7. The van der Waals surface area contributed by atoms with E-state index in [9.17, 15) is 13.2 Å². The fourth-order valence-electron chi connectivity index (χ4n) is 1.73. The van der Waals surface area contributed by atoms with E-state index in [1.165, 1.54) is 6.07 Å². The van der Waals surface area contributed by atoms with Crippen molar-refractivity contribution in [3.8, 4) is 0 Å². The number of alkyl halides is 3. The average molecular weight is 282 g/mol. The van der Waals surface area contributed by atoms with E-state index in [0.29, 0.717) is 17.1 Å². The Kier molecular flexibility index (Phi) is 3.78. The number of halogens is 3. The van der Waals surface area contributed by atoms with Gasteiger partial charge in [0.25, 0.3) is 0 Å². The lowest BCUT2D eigenvalue weighted by Crippen LogP contribution is -2.08. The zero-order valence-corrected chi connectivity index (χ0v) is 10.7. The van der Waals surface area contributed by atoms with E-state index >= 15 is 0 Å². The predicted molar refractivity (Wildman–Crippen MR) is 70.0 cm³/mol. The van der Waals surface area contributed by atoms with Gasteiger partial charge in [-0.05, 0) is 24.6 Å². The van der Waals surface area contributed by atoms with E-state index in [1.54, 1.807) is 19.1 Å². The summed E-state index contributed by atoms with van der Waals surface area (Å²) in [5, 5.41) is 2.92. The van der Waals surface area contributed by atoms with E-state index in [-0.39, 0.29) is 12.5 Å². The molecule has 3 N–H and O–H groups in total. The summed E-state index contributed by atoms with van der Waals surface area (Å²) in [6.45, 7) is 1.98. The van der Waals surface area contributed by atoms with E-state index in [1.807, 2.05) is 0 Å². The number of rotatable bonds is 3. The summed E-state index contributed by atoms with van der Waals surface area (Å²) in [6.07, 6.45) is -4.34. The minimum absolute atomic E-state index is 0.122. The lowest BCUT2D eigenvalue weighted by molar-refractivity contribution is -0.137. The molecule has 0 saturated carbocycles. The van der Waals surface area contributed by atoms with E-state index in [2.05, 4.69) is 15.3 Å². The molecule has 0 aliphatic rings. The van der Waals surface area contributed by atoms with Gasteiger partial charge in [0.05, 0.1) is 5.56 Å². The summed E-state index contributed by atoms with van der Waals surface area (Å²) >= 11 is 0. The van der Waals surface area contributed by atoms with Crippen LogP contribution in [0.4, 0.5) is 24.9 Å². The van der Waals surface area contributed by atoms with Crippen LogP contribution in [0, 0.1) is 6.92 Å². The summed E-state index contributed by atoms with van der Waals surface area (Å²) in [5.41, 5.74) is 6.02. The predicted octanol–water partition coefficient (Wildman–Crippen LogP) is 3.00. The second-order valence-electron chi connectivity index (χ2n) is 4.30. The number of nitrogens with one attached hydrogen (secondary N) is 1. The molecule has 1 heterocycles. The third kappa shape index (κ3) is 3.59. The van der Waals surface area contributed by atoms with Gasteiger partial charge in [0.15, 0.2) is 0 Å². The highest BCUT2D eigenvalue weighted by Gasteiger charge is 2.30. The van der Waals surface area contributed by atoms with Crippen LogP contribution in [0.3, 0.4) is 0 Å². The lowest BCUT2D eigenvalue weighted by atomic mass is 10.1. The lowest BCUT2D eigenvalue weighted by Gasteiger charge is -2.10. The molecule has 20 heavy (non-hydrogen) atoms. The molecule has 0 amide bonds. The normalized spacial score (nSPS) is 11.4. The van der Waals surface area contributed by atoms with E-state index < -0.39 is 11.7 Å². The maximum atomic E-state index is 12.6. The SMILES string of the molecule is Cc1cc(NCc2cccc(C(F)(F)F)c2)nc(N)n1. The summed E-state index contributed by atoms with van der Waals surface area (Å²) in [6, 6.07) is 6.80. The molecule has 0 saturated heterocycles. The van der Waals surface area contributed by atoms with Crippen molar-refractivity contribution in [1.29, 1.82) is 0 Å². The van der Waals surface area contributed by atoms with E-state index in [0.717, 1.165) is 12.1 Å². The van der Waals surface area contributed by atoms with Gasteiger partial charge in [0, 0.05) is 18.3 Å². The van der Waals surface area contributed by atoms with Crippen molar-refractivity contribution in [3.05, 3.63) is 47.2 Å². The molecule has 0 aliphatic heterocycles. The first kappa shape index (κ1) is 14.1. The molecule has 0 aliphatic carbocycles. The quantitative estimate of drug-likeness (QED) is 0.908. The van der Waals surface area contributed by atoms with Gasteiger partial charge < -0.3 is 11.1 Å². The fourth-order valence-corrected chi connectivity index (χ4v) is 1.73. The third-order valence-electron chi connectivity index (χ3n) is 2.60. The van der Waals surface area contributed by atoms with Gasteiger partial charge in [-0.25, -0.2) is 4.98 Å². The standard InChI is InChI=1S/C13H13F3N4/c1-8-5-11(20-12(17)19-8)18-7-9-3-2-4-10(6-9)13(14,15)16/h2-6H,7H2,1H3,(H3,17,18,19,20). The highest BCUT2D eigenvalue weighted by atomic mass is 19.4. The monoisotopic (exact) mass is 282 g/mol. The Hall–Kier alpha value is -2.31. The van der Waals surface area contributed by atoms with Crippen LogP contribution in [0.1, 0.15) is 16.8 Å². The largest absolute Gasteiger partial charge is 0.416 e. The maximum Gasteiger partial charge on any atom is 0.416 e. The molecule has 0 fully saturated rings. The minimum Gasteiger partial charge on any atom is -0.368 e. The van der Waals surface area contributed by atoms with Crippen LogP contribution in [0.5, 0.6) is 0 Å². The number of aromatic nitrogens is 2. The Morgan fingerprint density at radius 2 is 1.95 bits per heavy atom. The number of benzene rings is 1. The van der Waals surface area contributed by atoms with Crippen molar-refractivity contribution in [2.75, 3.05) is 11.1 Å². The van der Waals surface area contributed by atoms with Gasteiger partial charge in [-0.3, -0.25) is 0 Å². The average Bonchev–Trinajstić information content (AvgIpc) is 2.35. The van der Waals surface area contributed by atoms with Crippen molar-refractivity contribution in [1.82, 2.24) is 9.97 Å². The zero-order chi connectivity index (χ0) is 14.8. The molecule has 1 aromatic carbocycles. The van der Waals surface area contributed by atoms with Crippen molar-refractivity contribution >= 4 is 11.8 Å². The molecule has 4 nitrogen and oxygen atoms in total. The first-order chi connectivity index (χ1) is 9.34. The van der Waals surface area contributed by atoms with Crippen LogP contribution in [-0.4, -0.2) is 9.97 Å². The van der Waals surface area contributed by atoms with Gasteiger partial charge in [0.1, 0.15) is 5.82 Å². The topological polar surface area (TPSA) is 63.8 Å². The van der Waals surface area contributed by atoms with Gasteiger partial charge in [-0.15, -0.1) is 0 Å². The summed E-state index contributed by atoms with van der Waals surface area (Å²) < 4.78 is 37.7. The van der Waals surface area contributed by atoms with Gasteiger partial charge in [-0.2, -0.15) is 18.2 Å². The smallest absolute Gasteiger partial charge is 0.368 e. The van der Waals surface area contributed by atoms with Crippen molar-refractivity contribution in [2.45, 2.75) is 19.6 Å².